The molecular weight excluding hydrogens is 358 g/mol. The van der Waals surface area contributed by atoms with E-state index >= 15 is 0 Å². The second kappa shape index (κ2) is 6.48. The predicted molar refractivity (Wildman–Crippen MR) is 96.9 cm³/mol. The fraction of sp³-hybridized carbons (Fsp3) is 0.500. The van der Waals surface area contributed by atoms with Crippen LogP contribution >= 0.6 is 22.7 Å². The lowest BCUT2D eigenvalue weighted by atomic mass is 10.00. The van der Waals surface area contributed by atoms with Gasteiger partial charge in [-0.2, -0.15) is 0 Å². The summed E-state index contributed by atoms with van der Waals surface area (Å²) < 4.78 is 11.3. The van der Waals surface area contributed by atoms with E-state index in [0.29, 0.717) is 16.3 Å². The molecule has 4 rings (SSSR count). The van der Waals surface area contributed by atoms with Crippen LogP contribution in [0.25, 0.3) is 0 Å². The van der Waals surface area contributed by atoms with Gasteiger partial charge in [0.1, 0.15) is 6.10 Å². The van der Waals surface area contributed by atoms with E-state index in [1.54, 1.807) is 12.1 Å². The summed E-state index contributed by atoms with van der Waals surface area (Å²) in [5.41, 5.74) is -1.73. The highest BCUT2D eigenvalue weighted by Crippen LogP contribution is 2.39. The quantitative estimate of drug-likeness (QED) is 0.639. The highest BCUT2D eigenvalue weighted by molar-refractivity contribution is 7.12. The lowest BCUT2D eigenvalue weighted by Crippen LogP contribution is -2.39. The van der Waals surface area contributed by atoms with Crippen LogP contribution in [0.1, 0.15) is 23.1 Å². The van der Waals surface area contributed by atoms with Crippen LogP contribution in [0.5, 0.6) is 0 Å². The first kappa shape index (κ1) is 17.2. The van der Waals surface area contributed by atoms with Crippen LogP contribution in [0.2, 0.25) is 0 Å². The second-order valence-corrected chi connectivity index (χ2v) is 8.64. The normalized spacial score (nSPS) is 29.7. The number of rotatable bonds is 5. The molecule has 5 nitrogen and oxygen atoms in total. The molecule has 2 aromatic heterocycles. The number of nitrogens with zero attached hydrogens (tertiary/aromatic N) is 1. The van der Waals surface area contributed by atoms with Gasteiger partial charge < -0.3 is 14.6 Å². The van der Waals surface area contributed by atoms with Crippen LogP contribution in [0.3, 0.4) is 0 Å². The summed E-state index contributed by atoms with van der Waals surface area (Å²) in [4.78, 5) is 16.3. The third kappa shape index (κ3) is 3.04. The van der Waals surface area contributed by atoms with Gasteiger partial charge in [0.2, 0.25) is 5.60 Å². The van der Waals surface area contributed by atoms with Crippen LogP contribution in [-0.4, -0.2) is 53.9 Å². The van der Waals surface area contributed by atoms with Gasteiger partial charge in [-0.25, -0.2) is 4.79 Å². The van der Waals surface area contributed by atoms with Crippen molar-refractivity contribution >= 4 is 28.6 Å². The number of epoxide rings is 1. The maximum Gasteiger partial charge on any atom is 0.349 e. The summed E-state index contributed by atoms with van der Waals surface area (Å²) in [5, 5.41) is 15.0. The summed E-state index contributed by atoms with van der Waals surface area (Å²) in [6.45, 7) is 2.72. The number of ether oxygens (including phenoxy) is 2. The summed E-state index contributed by atoms with van der Waals surface area (Å²) in [6, 6.07) is 7.47. The number of carbonyl (C=O) groups is 1. The molecule has 2 aromatic rings. The van der Waals surface area contributed by atoms with Crippen molar-refractivity contribution in [1.82, 2.24) is 4.90 Å². The van der Waals surface area contributed by atoms with Crippen molar-refractivity contribution in [3.8, 4) is 0 Å². The Morgan fingerprint density at radius 2 is 1.92 bits per heavy atom. The maximum atomic E-state index is 13.0. The number of hydrogen-bond acceptors (Lipinski definition) is 7. The van der Waals surface area contributed by atoms with Crippen LogP contribution < -0.4 is 0 Å². The van der Waals surface area contributed by atoms with E-state index in [0.717, 1.165) is 6.42 Å². The number of esters is 1. The lowest BCUT2D eigenvalue weighted by molar-refractivity contribution is -0.166. The minimum atomic E-state index is -1.73. The van der Waals surface area contributed by atoms with Crippen LogP contribution in [0.4, 0.5) is 0 Å². The van der Waals surface area contributed by atoms with E-state index in [4.69, 9.17) is 9.47 Å². The molecule has 2 aliphatic heterocycles. The zero-order chi connectivity index (χ0) is 17.6. The van der Waals surface area contributed by atoms with E-state index in [9.17, 15) is 9.90 Å². The van der Waals surface area contributed by atoms with Crippen molar-refractivity contribution in [3.05, 3.63) is 44.8 Å². The number of hydrogen-bond donors (Lipinski definition) is 1. The molecule has 4 heterocycles. The van der Waals surface area contributed by atoms with E-state index in [1.807, 2.05) is 29.9 Å². The molecular formula is C18H21NO4S2. The van der Waals surface area contributed by atoms with E-state index in [-0.39, 0.29) is 24.4 Å². The van der Waals surface area contributed by atoms with Gasteiger partial charge in [0, 0.05) is 19.0 Å². The lowest BCUT2D eigenvalue weighted by Gasteiger charge is -2.25. The molecule has 0 amide bonds. The molecule has 2 saturated heterocycles. The second-order valence-electron chi connectivity index (χ2n) is 6.74. The molecule has 0 radical (unpaired) electrons. The standard InChI is InChI=1S/C18H21NO4S2/c1-11-16(22-11)13-9-12(10-19(13)2)23-17(20)18(21,14-5-3-7-24-14)15-6-4-8-25-15/h3-8,11-13,16,21H,9-10H2,1-2H3/t11?,12-,13-,16+/m1/s1. The van der Waals surface area contributed by atoms with Crippen molar-refractivity contribution in [1.29, 1.82) is 0 Å². The van der Waals surface area contributed by atoms with E-state index in [1.165, 1.54) is 22.7 Å². The molecule has 4 atom stereocenters. The van der Waals surface area contributed by atoms with Gasteiger partial charge in [-0.05, 0) is 36.9 Å². The van der Waals surface area contributed by atoms with Gasteiger partial charge in [0.25, 0.3) is 0 Å². The van der Waals surface area contributed by atoms with Gasteiger partial charge in [-0.1, -0.05) is 12.1 Å². The Hall–Kier alpha value is -1.25. The maximum absolute atomic E-state index is 13.0. The molecule has 0 spiro atoms. The molecule has 0 saturated carbocycles. The Bertz CT molecular complexity index is 696. The Kier molecular flexibility index (Phi) is 4.45. The highest BCUT2D eigenvalue weighted by Gasteiger charge is 2.50. The number of aliphatic hydroxyl groups is 1. The van der Waals surface area contributed by atoms with E-state index < -0.39 is 11.6 Å². The van der Waals surface area contributed by atoms with Crippen LogP contribution in [-0.2, 0) is 19.9 Å². The fourth-order valence-corrected chi connectivity index (χ4v) is 5.30. The molecule has 7 heteroatoms. The fourth-order valence-electron chi connectivity index (χ4n) is 3.58. The van der Waals surface area contributed by atoms with Gasteiger partial charge >= 0.3 is 5.97 Å². The Labute approximate surface area is 154 Å². The smallest absolute Gasteiger partial charge is 0.349 e. The summed E-state index contributed by atoms with van der Waals surface area (Å²) in [7, 11) is 2.03. The van der Waals surface area contributed by atoms with Crippen molar-refractivity contribution in [2.24, 2.45) is 0 Å². The molecule has 1 N–H and O–H groups in total. The van der Waals surface area contributed by atoms with Gasteiger partial charge in [0.15, 0.2) is 0 Å². The van der Waals surface area contributed by atoms with Crippen molar-refractivity contribution in [3.63, 3.8) is 0 Å². The average Bonchev–Trinajstić information content (AvgIpc) is 3.10. The Morgan fingerprint density at radius 1 is 1.32 bits per heavy atom. The Balaban J connectivity index is 1.52. The molecule has 0 aliphatic carbocycles. The minimum absolute atomic E-state index is 0.224. The summed E-state index contributed by atoms with van der Waals surface area (Å²) >= 11 is 2.71. The number of likely N-dealkylation sites (tertiary alicyclic amines) is 1. The monoisotopic (exact) mass is 379 g/mol. The molecule has 1 unspecified atom stereocenters. The van der Waals surface area contributed by atoms with Gasteiger partial charge in [0.05, 0.1) is 22.0 Å². The molecule has 2 fully saturated rings. The minimum Gasteiger partial charge on any atom is -0.458 e. The molecule has 2 aliphatic rings. The number of thiophene rings is 2. The first-order valence-corrected chi connectivity index (χ1v) is 10.1. The third-order valence-electron chi connectivity index (χ3n) is 5.02. The van der Waals surface area contributed by atoms with Crippen molar-refractivity contribution in [2.75, 3.05) is 13.6 Å². The topological polar surface area (TPSA) is 62.3 Å². The summed E-state index contributed by atoms with van der Waals surface area (Å²) in [6.07, 6.45) is 1.01. The molecule has 134 valence electrons. The molecule has 0 aromatic carbocycles. The predicted octanol–water partition coefficient (Wildman–Crippen LogP) is 2.45. The van der Waals surface area contributed by atoms with Crippen molar-refractivity contribution < 1.29 is 19.4 Å². The van der Waals surface area contributed by atoms with Gasteiger partial charge in [-0.3, -0.25) is 4.90 Å². The SMILES string of the molecule is CC1O[C@@H]1[C@H]1C[C@@H](OC(=O)C(O)(c2cccs2)c2cccs2)CN1C. The zero-order valence-electron chi connectivity index (χ0n) is 14.1. The first-order valence-electron chi connectivity index (χ1n) is 8.37. The molecule has 0 bridgehead atoms. The molecule has 25 heavy (non-hydrogen) atoms. The van der Waals surface area contributed by atoms with Gasteiger partial charge in [-0.15, -0.1) is 22.7 Å². The number of carbonyl (C=O) groups excluding carboxylic acids is 1. The highest BCUT2D eigenvalue weighted by atomic mass is 32.1. The summed E-state index contributed by atoms with van der Waals surface area (Å²) in [5.74, 6) is -0.596. The van der Waals surface area contributed by atoms with E-state index in [2.05, 4.69) is 11.8 Å². The third-order valence-corrected chi connectivity index (χ3v) is 6.98. The first-order chi connectivity index (χ1) is 12.0. The van der Waals surface area contributed by atoms with Crippen molar-refractivity contribution in [2.45, 2.75) is 43.3 Å². The zero-order valence-corrected chi connectivity index (χ0v) is 15.8. The number of likely N-dealkylation sites (N-methyl/N-ethyl adjacent to an activating group) is 1. The van der Waals surface area contributed by atoms with Crippen LogP contribution in [0, 0.1) is 0 Å². The average molecular weight is 380 g/mol. The largest absolute Gasteiger partial charge is 0.458 e. The Morgan fingerprint density at radius 3 is 2.40 bits per heavy atom. The van der Waals surface area contributed by atoms with Crippen LogP contribution in [0.15, 0.2) is 35.0 Å².